The second-order valence-electron chi connectivity index (χ2n) is 3.63. The van der Waals surface area contributed by atoms with Crippen LogP contribution < -0.4 is 5.73 Å². The van der Waals surface area contributed by atoms with Crippen LogP contribution >= 0.6 is 0 Å². The zero-order chi connectivity index (χ0) is 8.97. The Morgan fingerprint density at radius 3 is 2.58 bits per heavy atom. The zero-order valence-corrected chi connectivity index (χ0v) is 7.75. The van der Waals surface area contributed by atoms with E-state index in [-0.39, 0.29) is 12.5 Å². The molecule has 0 spiro atoms. The number of likely N-dealkylation sites (N-methyl/N-ethyl adjacent to an activating group) is 1. The van der Waals surface area contributed by atoms with Crippen molar-refractivity contribution in [1.29, 1.82) is 0 Å². The van der Waals surface area contributed by atoms with Gasteiger partial charge in [-0.2, -0.15) is 0 Å². The van der Waals surface area contributed by atoms with Gasteiger partial charge in [0.1, 0.15) is 0 Å². The summed E-state index contributed by atoms with van der Waals surface area (Å²) in [5.74, 6) is 0.785. The van der Waals surface area contributed by atoms with Crippen molar-refractivity contribution < 1.29 is 4.79 Å². The lowest BCUT2D eigenvalue weighted by Gasteiger charge is -2.20. The topological polar surface area (TPSA) is 46.3 Å². The number of hydrogen-bond donors (Lipinski definition) is 1. The largest absolute Gasteiger partial charge is 0.344 e. The van der Waals surface area contributed by atoms with Gasteiger partial charge in [-0.05, 0) is 18.8 Å². The molecule has 0 heterocycles. The maximum absolute atomic E-state index is 11.1. The lowest BCUT2D eigenvalue weighted by atomic mass is 10.1. The summed E-state index contributed by atoms with van der Waals surface area (Å²) < 4.78 is 0. The summed E-state index contributed by atoms with van der Waals surface area (Å²) in [5, 5.41) is 0. The van der Waals surface area contributed by atoms with E-state index in [0.29, 0.717) is 0 Å². The monoisotopic (exact) mass is 170 g/mol. The molecule has 1 rings (SSSR count). The van der Waals surface area contributed by atoms with Crippen molar-refractivity contribution in [2.45, 2.75) is 25.7 Å². The molecule has 0 bridgehead atoms. The van der Waals surface area contributed by atoms with Gasteiger partial charge in [0, 0.05) is 13.6 Å². The lowest BCUT2D eigenvalue weighted by Crippen LogP contribution is -2.35. The molecule has 2 N–H and O–H groups in total. The molecule has 0 aliphatic heterocycles. The molecule has 0 atom stereocenters. The third kappa shape index (κ3) is 2.48. The highest BCUT2D eigenvalue weighted by atomic mass is 16.2. The number of hydrogen-bond acceptors (Lipinski definition) is 2. The first-order chi connectivity index (χ1) is 5.74. The van der Waals surface area contributed by atoms with Gasteiger partial charge in [-0.1, -0.05) is 12.8 Å². The van der Waals surface area contributed by atoms with Gasteiger partial charge in [-0.15, -0.1) is 0 Å². The smallest absolute Gasteiger partial charge is 0.236 e. The molecule has 3 heteroatoms. The third-order valence-electron chi connectivity index (χ3n) is 2.61. The summed E-state index contributed by atoms with van der Waals surface area (Å²) in [5.41, 5.74) is 5.26. The first-order valence-electron chi connectivity index (χ1n) is 4.68. The number of nitrogens with zero attached hydrogens (tertiary/aromatic N) is 1. The minimum atomic E-state index is 0.0573. The highest BCUT2D eigenvalue weighted by Gasteiger charge is 2.18. The Balaban J connectivity index is 2.24. The summed E-state index contributed by atoms with van der Waals surface area (Å²) in [6.45, 7) is 1.04. The predicted octanol–water partition coefficient (Wildman–Crippen LogP) is 0.594. The summed E-state index contributed by atoms with van der Waals surface area (Å²) in [4.78, 5) is 12.9. The Morgan fingerprint density at radius 2 is 2.08 bits per heavy atom. The number of rotatable bonds is 3. The van der Waals surface area contributed by atoms with Crippen molar-refractivity contribution in [1.82, 2.24) is 4.90 Å². The first-order valence-corrected chi connectivity index (χ1v) is 4.68. The van der Waals surface area contributed by atoms with Gasteiger partial charge < -0.3 is 10.6 Å². The molecule has 0 radical (unpaired) electrons. The maximum atomic E-state index is 11.1. The Bertz CT molecular complexity index is 153. The van der Waals surface area contributed by atoms with Gasteiger partial charge >= 0.3 is 0 Å². The van der Waals surface area contributed by atoms with Crippen molar-refractivity contribution >= 4 is 5.91 Å². The van der Waals surface area contributed by atoms with Crippen molar-refractivity contribution in [2.24, 2.45) is 11.7 Å². The van der Waals surface area contributed by atoms with Crippen LogP contribution in [0, 0.1) is 5.92 Å². The summed E-state index contributed by atoms with van der Waals surface area (Å²) in [6, 6.07) is 0. The van der Waals surface area contributed by atoms with Gasteiger partial charge in [0.15, 0.2) is 0 Å². The van der Waals surface area contributed by atoms with Crippen LogP contribution in [0.1, 0.15) is 25.7 Å². The normalized spacial score (nSPS) is 18.2. The second-order valence-corrected chi connectivity index (χ2v) is 3.63. The van der Waals surface area contributed by atoms with Gasteiger partial charge in [0.25, 0.3) is 0 Å². The summed E-state index contributed by atoms with van der Waals surface area (Å²) in [6.07, 6.45) is 5.22. The van der Waals surface area contributed by atoms with Crippen LogP contribution in [0.15, 0.2) is 0 Å². The molecule has 0 aromatic heterocycles. The maximum Gasteiger partial charge on any atom is 0.236 e. The van der Waals surface area contributed by atoms with Crippen LogP contribution in [-0.2, 0) is 4.79 Å². The fraction of sp³-hybridized carbons (Fsp3) is 0.889. The third-order valence-corrected chi connectivity index (χ3v) is 2.61. The highest BCUT2D eigenvalue weighted by Crippen LogP contribution is 2.24. The minimum absolute atomic E-state index is 0.0573. The summed E-state index contributed by atoms with van der Waals surface area (Å²) >= 11 is 0. The van der Waals surface area contributed by atoms with E-state index in [4.69, 9.17) is 5.73 Å². The predicted molar refractivity (Wildman–Crippen MR) is 48.6 cm³/mol. The van der Waals surface area contributed by atoms with Crippen molar-refractivity contribution in [3.8, 4) is 0 Å². The fourth-order valence-corrected chi connectivity index (χ4v) is 1.84. The van der Waals surface area contributed by atoms with Crippen molar-refractivity contribution in [2.75, 3.05) is 20.1 Å². The van der Waals surface area contributed by atoms with Crippen molar-refractivity contribution in [3.63, 3.8) is 0 Å². The zero-order valence-electron chi connectivity index (χ0n) is 7.75. The Kier molecular flexibility index (Phi) is 3.53. The molecule has 1 aliphatic carbocycles. The van der Waals surface area contributed by atoms with Crippen LogP contribution in [0.25, 0.3) is 0 Å². The number of amides is 1. The van der Waals surface area contributed by atoms with E-state index in [1.54, 1.807) is 4.90 Å². The molecular weight excluding hydrogens is 152 g/mol. The molecule has 70 valence electrons. The number of nitrogens with two attached hydrogens (primary N) is 1. The number of carbonyl (C=O) groups is 1. The van der Waals surface area contributed by atoms with Gasteiger partial charge in [0.05, 0.1) is 6.54 Å². The minimum Gasteiger partial charge on any atom is -0.344 e. The van der Waals surface area contributed by atoms with E-state index in [1.165, 1.54) is 25.7 Å². The van der Waals surface area contributed by atoms with Crippen LogP contribution in [0.4, 0.5) is 0 Å². The van der Waals surface area contributed by atoms with Gasteiger partial charge in [-0.3, -0.25) is 4.79 Å². The van der Waals surface area contributed by atoms with E-state index >= 15 is 0 Å². The Labute approximate surface area is 73.9 Å². The van der Waals surface area contributed by atoms with Crippen molar-refractivity contribution in [3.05, 3.63) is 0 Å². The SMILES string of the molecule is CN(CC1CCCC1)C(=O)CN. The highest BCUT2D eigenvalue weighted by molar-refractivity contribution is 5.77. The molecule has 12 heavy (non-hydrogen) atoms. The Hall–Kier alpha value is -0.570. The van der Waals surface area contributed by atoms with Crippen LogP contribution in [0.2, 0.25) is 0 Å². The molecule has 0 unspecified atom stereocenters. The average molecular weight is 170 g/mol. The molecular formula is C9H18N2O. The van der Waals surface area contributed by atoms with E-state index < -0.39 is 0 Å². The lowest BCUT2D eigenvalue weighted by molar-refractivity contribution is -0.128. The molecule has 0 aromatic rings. The standard InChI is InChI=1S/C9H18N2O/c1-11(9(12)6-10)7-8-4-2-3-5-8/h8H,2-7,10H2,1H3. The molecule has 1 fully saturated rings. The first kappa shape index (κ1) is 9.52. The number of carbonyl (C=O) groups excluding carboxylic acids is 1. The van der Waals surface area contributed by atoms with E-state index in [2.05, 4.69) is 0 Å². The van der Waals surface area contributed by atoms with E-state index in [0.717, 1.165) is 12.5 Å². The van der Waals surface area contributed by atoms with E-state index in [9.17, 15) is 4.79 Å². The molecule has 1 aliphatic rings. The van der Waals surface area contributed by atoms with Crippen LogP contribution in [0.3, 0.4) is 0 Å². The average Bonchev–Trinajstić information content (AvgIpc) is 2.55. The van der Waals surface area contributed by atoms with E-state index in [1.807, 2.05) is 7.05 Å². The van der Waals surface area contributed by atoms with Gasteiger partial charge in [-0.25, -0.2) is 0 Å². The molecule has 1 saturated carbocycles. The fourth-order valence-electron chi connectivity index (χ4n) is 1.84. The Morgan fingerprint density at radius 1 is 1.50 bits per heavy atom. The molecule has 3 nitrogen and oxygen atoms in total. The van der Waals surface area contributed by atoms with Crippen LogP contribution in [0.5, 0.6) is 0 Å². The second kappa shape index (κ2) is 4.45. The van der Waals surface area contributed by atoms with Gasteiger partial charge in [0.2, 0.25) is 5.91 Å². The quantitative estimate of drug-likeness (QED) is 0.674. The summed E-state index contributed by atoms with van der Waals surface area (Å²) in [7, 11) is 1.84. The molecule has 1 amide bonds. The molecule has 0 aromatic carbocycles. The molecule has 0 saturated heterocycles. The van der Waals surface area contributed by atoms with Crippen LogP contribution in [-0.4, -0.2) is 30.9 Å².